The molecule has 0 saturated carbocycles. The summed E-state index contributed by atoms with van der Waals surface area (Å²) in [6.45, 7) is 0.263. The SMILES string of the molecule is O=CC1Nc2cccc(CCOC(=O)c3ccccc3)c2C1Cl. The largest absolute Gasteiger partial charge is 0.462 e. The average Bonchev–Trinajstić information content (AvgIpc) is 2.92. The molecule has 0 spiro atoms. The molecule has 2 unspecified atom stereocenters. The van der Waals surface area contributed by atoms with Crippen LogP contribution in [0.2, 0.25) is 0 Å². The van der Waals surface area contributed by atoms with Gasteiger partial charge in [0.25, 0.3) is 0 Å². The van der Waals surface area contributed by atoms with Crippen molar-refractivity contribution in [1.29, 1.82) is 0 Å². The second kappa shape index (κ2) is 6.84. The second-order valence-corrected chi connectivity index (χ2v) is 5.81. The van der Waals surface area contributed by atoms with Crippen molar-refractivity contribution < 1.29 is 14.3 Å². The van der Waals surface area contributed by atoms with Crippen LogP contribution in [0.1, 0.15) is 26.9 Å². The lowest BCUT2D eigenvalue weighted by atomic mass is 10.0. The van der Waals surface area contributed by atoms with Gasteiger partial charge in [-0.25, -0.2) is 4.79 Å². The van der Waals surface area contributed by atoms with Gasteiger partial charge in [0.2, 0.25) is 0 Å². The summed E-state index contributed by atoms with van der Waals surface area (Å²) >= 11 is 6.35. The fraction of sp³-hybridized carbons (Fsp3) is 0.222. The first-order valence-corrected chi connectivity index (χ1v) is 7.84. The number of nitrogens with one attached hydrogen (secondary N) is 1. The summed E-state index contributed by atoms with van der Waals surface area (Å²) in [6, 6.07) is 14.2. The summed E-state index contributed by atoms with van der Waals surface area (Å²) in [5, 5.41) is 2.69. The maximum Gasteiger partial charge on any atom is 0.338 e. The van der Waals surface area contributed by atoms with Gasteiger partial charge in [-0.3, -0.25) is 0 Å². The number of aldehydes is 1. The Bertz CT molecular complexity index is 717. The Morgan fingerprint density at radius 2 is 1.96 bits per heavy atom. The van der Waals surface area contributed by atoms with E-state index < -0.39 is 11.4 Å². The van der Waals surface area contributed by atoms with Gasteiger partial charge >= 0.3 is 5.97 Å². The second-order valence-electron chi connectivity index (χ2n) is 5.34. The van der Waals surface area contributed by atoms with Gasteiger partial charge in [0, 0.05) is 12.1 Å². The zero-order valence-corrected chi connectivity index (χ0v) is 13.1. The number of hydrogen-bond donors (Lipinski definition) is 1. The fourth-order valence-electron chi connectivity index (χ4n) is 2.73. The maximum atomic E-state index is 11.9. The third-order valence-corrected chi connectivity index (χ3v) is 4.36. The first-order valence-electron chi connectivity index (χ1n) is 7.40. The number of ether oxygens (including phenoxy) is 1. The third kappa shape index (κ3) is 3.22. The molecular formula is C18H16ClNO3. The van der Waals surface area contributed by atoms with Crippen molar-refractivity contribution in [3.63, 3.8) is 0 Å². The van der Waals surface area contributed by atoms with Crippen LogP contribution in [0.25, 0.3) is 0 Å². The topological polar surface area (TPSA) is 55.4 Å². The monoisotopic (exact) mass is 329 g/mol. The molecule has 1 aliphatic heterocycles. The van der Waals surface area contributed by atoms with Crippen LogP contribution in [0, 0.1) is 0 Å². The number of carbonyl (C=O) groups excluding carboxylic acids is 2. The highest BCUT2D eigenvalue weighted by molar-refractivity contribution is 6.24. The summed E-state index contributed by atoms with van der Waals surface area (Å²) < 4.78 is 5.31. The molecule has 23 heavy (non-hydrogen) atoms. The van der Waals surface area contributed by atoms with Gasteiger partial charge in [-0.1, -0.05) is 30.3 Å². The lowest BCUT2D eigenvalue weighted by Gasteiger charge is -2.11. The van der Waals surface area contributed by atoms with E-state index in [0.717, 1.165) is 23.1 Å². The number of esters is 1. The Kier molecular flexibility index (Phi) is 4.63. The molecule has 0 fully saturated rings. The van der Waals surface area contributed by atoms with Crippen molar-refractivity contribution in [3.05, 3.63) is 65.2 Å². The van der Waals surface area contributed by atoms with Crippen molar-refractivity contribution in [2.24, 2.45) is 0 Å². The summed E-state index contributed by atoms with van der Waals surface area (Å²) in [4.78, 5) is 23.0. The summed E-state index contributed by atoms with van der Waals surface area (Å²) in [5.41, 5.74) is 3.31. The molecule has 1 aliphatic rings. The molecule has 3 rings (SSSR count). The molecule has 0 radical (unpaired) electrons. The molecule has 4 nitrogen and oxygen atoms in total. The van der Waals surface area contributed by atoms with E-state index in [1.165, 1.54) is 0 Å². The number of anilines is 1. The van der Waals surface area contributed by atoms with E-state index in [1.54, 1.807) is 24.3 Å². The van der Waals surface area contributed by atoms with Gasteiger partial charge in [-0.05, 0) is 29.3 Å². The predicted octanol–water partition coefficient (Wildman–Crippen LogP) is 3.36. The Morgan fingerprint density at radius 1 is 1.17 bits per heavy atom. The number of benzene rings is 2. The van der Waals surface area contributed by atoms with E-state index >= 15 is 0 Å². The molecule has 1 N–H and O–H groups in total. The van der Waals surface area contributed by atoms with Crippen molar-refractivity contribution >= 4 is 29.5 Å². The molecule has 5 heteroatoms. The molecule has 2 aromatic carbocycles. The number of halogens is 1. The van der Waals surface area contributed by atoms with E-state index in [9.17, 15) is 9.59 Å². The molecule has 0 bridgehead atoms. The number of alkyl halides is 1. The Morgan fingerprint density at radius 3 is 2.70 bits per heavy atom. The third-order valence-electron chi connectivity index (χ3n) is 3.87. The number of rotatable bonds is 5. The first-order chi connectivity index (χ1) is 11.2. The Labute approximate surface area is 139 Å². The lowest BCUT2D eigenvalue weighted by molar-refractivity contribution is -0.108. The van der Waals surface area contributed by atoms with Gasteiger partial charge in [0.1, 0.15) is 12.3 Å². The smallest absolute Gasteiger partial charge is 0.338 e. The van der Waals surface area contributed by atoms with Crippen LogP contribution < -0.4 is 5.32 Å². The average molecular weight is 330 g/mol. The highest BCUT2D eigenvalue weighted by atomic mass is 35.5. The van der Waals surface area contributed by atoms with Crippen molar-refractivity contribution in [2.75, 3.05) is 11.9 Å². The van der Waals surface area contributed by atoms with Gasteiger partial charge in [0.15, 0.2) is 0 Å². The molecule has 118 valence electrons. The quantitative estimate of drug-likeness (QED) is 0.519. The molecule has 1 heterocycles. The van der Waals surface area contributed by atoms with Crippen LogP contribution in [-0.4, -0.2) is 24.9 Å². The minimum atomic E-state index is -0.417. The van der Waals surface area contributed by atoms with E-state index in [0.29, 0.717) is 12.0 Å². The van der Waals surface area contributed by atoms with Gasteiger partial charge < -0.3 is 14.8 Å². The van der Waals surface area contributed by atoms with Crippen LogP contribution in [0.3, 0.4) is 0 Å². The van der Waals surface area contributed by atoms with Crippen molar-refractivity contribution in [2.45, 2.75) is 17.8 Å². The number of fused-ring (bicyclic) bond motifs is 1. The first kappa shape index (κ1) is 15.6. The van der Waals surface area contributed by atoms with Crippen LogP contribution in [0.4, 0.5) is 5.69 Å². The minimum absolute atomic E-state index is 0.263. The molecule has 0 amide bonds. The summed E-state index contributed by atoms with van der Waals surface area (Å²) in [7, 11) is 0. The summed E-state index contributed by atoms with van der Waals surface area (Å²) in [6.07, 6.45) is 1.37. The zero-order chi connectivity index (χ0) is 16.2. The summed E-state index contributed by atoms with van der Waals surface area (Å²) in [5.74, 6) is -0.343. The van der Waals surface area contributed by atoms with E-state index in [2.05, 4.69) is 5.32 Å². The molecule has 0 aliphatic carbocycles. The fourth-order valence-corrected chi connectivity index (χ4v) is 3.11. The van der Waals surface area contributed by atoms with Crippen LogP contribution >= 0.6 is 11.6 Å². The minimum Gasteiger partial charge on any atom is -0.462 e. The molecule has 0 saturated heterocycles. The van der Waals surface area contributed by atoms with E-state index in [4.69, 9.17) is 16.3 Å². The predicted molar refractivity (Wildman–Crippen MR) is 88.9 cm³/mol. The van der Waals surface area contributed by atoms with Crippen molar-refractivity contribution in [3.8, 4) is 0 Å². The van der Waals surface area contributed by atoms with Crippen LogP contribution in [0.15, 0.2) is 48.5 Å². The van der Waals surface area contributed by atoms with Gasteiger partial charge in [-0.15, -0.1) is 11.6 Å². The highest BCUT2D eigenvalue weighted by Gasteiger charge is 2.32. The van der Waals surface area contributed by atoms with Gasteiger partial charge in [-0.2, -0.15) is 0 Å². The Hall–Kier alpha value is -2.33. The molecular weight excluding hydrogens is 314 g/mol. The van der Waals surface area contributed by atoms with Gasteiger partial charge in [0.05, 0.1) is 17.5 Å². The lowest BCUT2D eigenvalue weighted by Crippen LogP contribution is -2.18. The van der Waals surface area contributed by atoms with E-state index in [1.807, 2.05) is 24.3 Å². The maximum absolute atomic E-state index is 11.9. The Balaban J connectivity index is 1.65. The standard InChI is InChI=1S/C18H16ClNO3/c19-17-15(11-21)20-14-8-4-7-12(16(14)17)9-10-23-18(22)13-5-2-1-3-6-13/h1-8,11,15,17,20H,9-10H2. The molecule has 2 atom stereocenters. The van der Waals surface area contributed by atoms with Crippen LogP contribution in [0.5, 0.6) is 0 Å². The highest BCUT2D eigenvalue weighted by Crippen LogP contribution is 2.40. The molecule has 0 aromatic heterocycles. The normalized spacial score (nSPS) is 18.8. The number of carbonyl (C=O) groups is 2. The number of hydrogen-bond acceptors (Lipinski definition) is 4. The van der Waals surface area contributed by atoms with E-state index in [-0.39, 0.29) is 12.6 Å². The van der Waals surface area contributed by atoms with Crippen LogP contribution in [-0.2, 0) is 16.0 Å². The zero-order valence-electron chi connectivity index (χ0n) is 12.4. The van der Waals surface area contributed by atoms with Crippen molar-refractivity contribution in [1.82, 2.24) is 0 Å². The molecule has 2 aromatic rings.